The average Bonchev–Trinajstić information content (AvgIpc) is 3.40. The van der Waals surface area contributed by atoms with Gasteiger partial charge in [-0.3, -0.25) is 4.79 Å². The van der Waals surface area contributed by atoms with E-state index in [1.807, 2.05) is 54.6 Å². The molecule has 0 bridgehead atoms. The number of nitrogens with zero attached hydrogens (tertiary/aromatic N) is 5. The zero-order valence-electron chi connectivity index (χ0n) is 16.6. The molecule has 1 aromatic heterocycles. The summed E-state index contributed by atoms with van der Waals surface area (Å²) in [6.45, 7) is 2.15. The minimum Gasteiger partial charge on any atom is -0.271 e. The highest BCUT2D eigenvalue weighted by molar-refractivity contribution is 6.03. The van der Waals surface area contributed by atoms with Gasteiger partial charge >= 0.3 is 0 Å². The van der Waals surface area contributed by atoms with Gasteiger partial charge in [0.05, 0.1) is 17.3 Å². The topological polar surface area (TPSA) is 63.4 Å². The quantitative estimate of drug-likeness (QED) is 0.522. The van der Waals surface area contributed by atoms with E-state index in [1.165, 1.54) is 5.56 Å². The van der Waals surface area contributed by atoms with Crippen molar-refractivity contribution in [3.05, 3.63) is 95.6 Å². The molecule has 148 valence electrons. The third-order valence-corrected chi connectivity index (χ3v) is 5.44. The zero-order valence-corrected chi connectivity index (χ0v) is 16.6. The van der Waals surface area contributed by atoms with Crippen LogP contribution >= 0.6 is 0 Å². The molecule has 0 N–H and O–H groups in total. The Morgan fingerprint density at radius 3 is 2.50 bits per heavy atom. The Kier molecular flexibility index (Phi) is 4.59. The Morgan fingerprint density at radius 2 is 1.70 bits per heavy atom. The first-order chi connectivity index (χ1) is 14.7. The van der Waals surface area contributed by atoms with E-state index < -0.39 is 0 Å². The van der Waals surface area contributed by atoms with E-state index in [-0.39, 0.29) is 18.5 Å². The molecule has 3 aromatic carbocycles. The highest BCUT2D eigenvalue weighted by atomic mass is 16.2. The second-order valence-corrected chi connectivity index (χ2v) is 7.52. The maximum Gasteiger partial charge on any atom is 0.265 e. The number of amides is 1. The first-order valence-electron chi connectivity index (χ1n) is 9.99. The van der Waals surface area contributed by atoms with Gasteiger partial charge in [0.2, 0.25) is 0 Å². The number of hydrazone groups is 1. The van der Waals surface area contributed by atoms with E-state index in [0.717, 1.165) is 27.9 Å². The standard InChI is InChI=1S/C24H21N5O/c1-17-11-13-18(14-12-17)21-15-23(19-7-3-2-4-8-19)29(26-21)24(30)16-28-22-10-6-5-9-20(22)25-27-28/h2-14,23H,15-16H2,1H3. The van der Waals surface area contributed by atoms with Crippen LogP contribution in [0.25, 0.3) is 11.0 Å². The number of fused-ring (bicyclic) bond motifs is 1. The minimum absolute atomic E-state index is 0.0918. The number of rotatable bonds is 4. The lowest BCUT2D eigenvalue weighted by molar-refractivity contribution is -0.133. The monoisotopic (exact) mass is 395 g/mol. The van der Waals surface area contributed by atoms with Crippen LogP contribution in [-0.4, -0.2) is 31.6 Å². The van der Waals surface area contributed by atoms with Crippen LogP contribution in [-0.2, 0) is 11.3 Å². The lowest BCUT2D eigenvalue weighted by Crippen LogP contribution is -2.30. The summed E-state index contributed by atoms with van der Waals surface area (Å²) in [6.07, 6.45) is 0.677. The molecule has 1 aliphatic rings. The Morgan fingerprint density at radius 1 is 0.967 bits per heavy atom. The van der Waals surface area contributed by atoms with Gasteiger partial charge in [0, 0.05) is 6.42 Å². The summed E-state index contributed by atoms with van der Waals surface area (Å²) in [5, 5.41) is 14.7. The van der Waals surface area contributed by atoms with Crippen LogP contribution in [0.15, 0.2) is 84.0 Å². The smallest absolute Gasteiger partial charge is 0.265 e. The molecular formula is C24H21N5O. The molecule has 0 spiro atoms. The summed E-state index contributed by atoms with van der Waals surface area (Å²) in [4.78, 5) is 13.3. The third-order valence-electron chi connectivity index (χ3n) is 5.44. The van der Waals surface area contributed by atoms with Crippen molar-refractivity contribution in [1.82, 2.24) is 20.0 Å². The van der Waals surface area contributed by atoms with Crippen LogP contribution in [0, 0.1) is 6.92 Å². The number of aromatic nitrogens is 3. The Balaban J connectivity index is 1.48. The fourth-order valence-corrected chi connectivity index (χ4v) is 3.83. The molecule has 0 radical (unpaired) electrons. The highest BCUT2D eigenvalue weighted by Gasteiger charge is 2.33. The first-order valence-corrected chi connectivity index (χ1v) is 9.99. The Bertz CT molecular complexity index is 1230. The lowest BCUT2D eigenvalue weighted by atomic mass is 9.98. The maximum atomic E-state index is 13.3. The zero-order chi connectivity index (χ0) is 20.5. The fourth-order valence-electron chi connectivity index (χ4n) is 3.83. The van der Waals surface area contributed by atoms with E-state index >= 15 is 0 Å². The molecule has 1 atom stereocenters. The summed E-state index contributed by atoms with van der Waals surface area (Å²) in [5.41, 5.74) is 5.84. The molecule has 30 heavy (non-hydrogen) atoms. The summed E-state index contributed by atoms with van der Waals surface area (Å²) >= 11 is 0. The number of carbonyl (C=O) groups excluding carboxylic acids is 1. The van der Waals surface area contributed by atoms with E-state index in [9.17, 15) is 4.79 Å². The Labute approximate surface area is 174 Å². The van der Waals surface area contributed by atoms with Gasteiger partial charge in [0.1, 0.15) is 12.1 Å². The molecule has 0 saturated heterocycles. The summed E-state index contributed by atoms with van der Waals surface area (Å²) in [6, 6.07) is 25.8. The third kappa shape index (κ3) is 3.37. The van der Waals surface area contributed by atoms with Crippen LogP contribution < -0.4 is 0 Å². The van der Waals surface area contributed by atoms with Gasteiger partial charge in [0.15, 0.2) is 0 Å². The van der Waals surface area contributed by atoms with Crippen molar-refractivity contribution >= 4 is 22.7 Å². The molecule has 6 heteroatoms. The molecule has 0 saturated carbocycles. The van der Waals surface area contributed by atoms with Gasteiger partial charge < -0.3 is 0 Å². The largest absolute Gasteiger partial charge is 0.271 e. The van der Waals surface area contributed by atoms with E-state index in [4.69, 9.17) is 5.10 Å². The molecule has 1 amide bonds. The van der Waals surface area contributed by atoms with Crippen LogP contribution in [0.1, 0.15) is 29.2 Å². The molecule has 1 aliphatic heterocycles. The number of aryl methyl sites for hydroxylation is 1. The van der Waals surface area contributed by atoms with Gasteiger partial charge in [-0.05, 0) is 30.2 Å². The predicted octanol–water partition coefficient (Wildman–Crippen LogP) is 4.12. The molecule has 5 rings (SSSR count). The van der Waals surface area contributed by atoms with Crippen molar-refractivity contribution in [2.45, 2.75) is 25.9 Å². The molecular weight excluding hydrogens is 374 g/mol. The number of benzene rings is 3. The molecule has 4 aromatic rings. The van der Waals surface area contributed by atoms with E-state index in [1.54, 1.807) is 9.69 Å². The van der Waals surface area contributed by atoms with Crippen LogP contribution in [0.5, 0.6) is 0 Å². The minimum atomic E-state index is -0.134. The van der Waals surface area contributed by atoms with Gasteiger partial charge in [-0.1, -0.05) is 77.5 Å². The predicted molar refractivity (Wildman–Crippen MR) is 116 cm³/mol. The SMILES string of the molecule is Cc1ccc(C2=NN(C(=O)Cn3nnc4ccccc43)C(c3ccccc3)C2)cc1. The summed E-state index contributed by atoms with van der Waals surface area (Å²) < 4.78 is 1.64. The van der Waals surface area contributed by atoms with Crippen molar-refractivity contribution in [2.75, 3.05) is 0 Å². The van der Waals surface area contributed by atoms with Crippen molar-refractivity contribution < 1.29 is 4.79 Å². The normalized spacial score (nSPS) is 16.1. The van der Waals surface area contributed by atoms with Gasteiger partial charge in [-0.25, -0.2) is 9.69 Å². The average molecular weight is 395 g/mol. The number of carbonyl (C=O) groups is 1. The number of hydrogen-bond acceptors (Lipinski definition) is 4. The van der Waals surface area contributed by atoms with Gasteiger partial charge in [-0.15, -0.1) is 5.10 Å². The molecule has 0 aliphatic carbocycles. The van der Waals surface area contributed by atoms with Crippen molar-refractivity contribution in [2.24, 2.45) is 5.10 Å². The highest BCUT2D eigenvalue weighted by Crippen LogP contribution is 2.33. The molecule has 2 heterocycles. The summed E-state index contributed by atoms with van der Waals surface area (Å²) in [7, 11) is 0. The van der Waals surface area contributed by atoms with Crippen molar-refractivity contribution in [3.8, 4) is 0 Å². The van der Waals surface area contributed by atoms with Crippen molar-refractivity contribution in [1.29, 1.82) is 0 Å². The van der Waals surface area contributed by atoms with Gasteiger partial charge in [-0.2, -0.15) is 5.10 Å². The fraction of sp³-hybridized carbons (Fsp3) is 0.167. The van der Waals surface area contributed by atoms with Crippen LogP contribution in [0.2, 0.25) is 0 Å². The number of hydrogen-bond donors (Lipinski definition) is 0. The molecule has 6 nitrogen and oxygen atoms in total. The second-order valence-electron chi connectivity index (χ2n) is 7.52. The molecule has 1 unspecified atom stereocenters. The Hall–Kier alpha value is -3.80. The van der Waals surface area contributed by atoms with Crippen LogP contribution in [0.4, 0.5) is 0 Å². The molecule has 0 fully saturated rings. The summed E-state index contributed by atoms with van der Waals surface area (Å²) in [5.74, 6) is -0.110. The van der Waals surface area contributed by atoms with E-state index in [0.29, 0.717) is 6.42 Å². The maximum absolute atomic E-state index is 13.3. The van der Waals surface area contributed by atoms with Gasteiger partial charge in [0.25, 0.3) is 5.91 Å². The van der Waals surface area contributed by atoms with E-state index in [2.05, 4.69) is 41.5 Å². The first kappa shape index (κ1) is 18.2. The second kappa shape index (κ2) is 7.55. The van der Waals surface area contributed by atoms with Crippen molar-refractivity contribution in [3.63, 3.8) is 0 Å². The lowest BCUT2D eigenvalue weighted by Gasteiger charge is -2.22. The van der Waals surface area contributed by atoms with Crippen LogP contribution in [0.3, 0.4) is 0 Å². The number of para-hydroxylation sites is 1.